The lowest BCUT2D eigenvalue weighted by Crippen LogP contribution is -3.00. The molecule has 7 nitrogen and oxygen atoms in total. The van der Waals surface area contributed by atoms with Crippen LogP contribution in [0.4, 0.5) is 0 Å². The molecule has 0 aromatic rings. The molecule has 0 aliphatic carbocycles. The average molecular weight is 359 g/mol. The Morgan fingerprint density at radius 3 is 2.64 bits per heavy atom. The molecular weight excluding hydrogens is 356 g/mol. The Balaban J connectivity index is 0. The Morgan fingerprint density at radius 2 is 2.36 bits per heavy atom. The summed E-state index contributed by atoms with van der Waals surface area (Å²) in [5, 5.41) is 13.8. The average Bonchev–Trinajstić information content (AvgIpc) is 1.85. The first-order chi connectivity index (χ1) is 4.57. The van der Waals surface area contributed by atoms with E-state index < -0.39 is 5.03 Å². The largest absolute Gasteiger partial charge is 1.00 e. The third-order valence-electron chi connectivity index (χ3n) is 0.459. The molecule has 10 heteroatoms. The van der Waals surface area contributed by atoms with Crippen LogP contribution in [0.2, 0.25) is 0 Å². The predicted molar refractivity (Wildman–Crippen MR) is 42.1 cm³/mol. The fraction of sp³-hybridized carbons (Fsp3) is 0. The maximum atomic E-state index is 9.67. The standard InChI is InChI=1S/CH2ClIN5O2.BrH/c2-6-7(3)1(4)5-8(9)10;/h6H,(H-,4,5);1H/q-1;. The Bertz CT molecular complexity index is 155. The maximum absolute atomic E-state index is 9.67. The lowest BCUT2D eigenvalue weighted by molar-refractivity contribution is -0.420. The van der Waals surface area contributed by atoms with E-state index in [-0.39, 0.29) is 22.9 Å². The number of halogens is 3. The number of hydrazine groups is 1. The van der Waals surface area contributed by atoms with Crippen LogP contribution in [-0.2, 0) is 0 Å². The first kappa shape index (κ1) is 13.7. The fourth-order valence-electron chi connectivity index (χ4n) is 0.166. The van der Waals surface area contributed by atoms with Gasteiger partial charge in [0.2, 0.25) is 0 Å². The quantitative estimate of drug-likeness (QED) is 0.131. The van der Waals surface area contributed by atoms with Crippen molar-refractivity contribution in [3.63, 3.8) is 0 Å². The van der Waals surface area contributed by atoms with Gasteiger partial charge in [-0.2, -0.15) is 3.22 Å². The van der Waals surface area contributed by atoms with Gasteiger partial charge in [-0.1, -0.05) is 0 Å². The highest BCUT2D eigenvalue weighted by Crippen LogP contribution is 1.98. The van der Waals surface area contributed by atoms with Gasteiger partial charge in [0.15, 0.2) is 5.03 Å². The summed E-state index contributed by atoms with van der Waals surface area (Å²) in [7, 11) is 0. The van der Waals surface area contributed by atoms with E-state index >= 15 is 0 Å². The summed E-state index contributed by atoms with van der Waals surface area (Å²) in [5.41, 5.74) is 2.74. The summed E-state index contributed by atoms with van der Waals surface area (Å²) in [4.78, 5) is 11.7. The van der Waals surface area contributed by atoms with Crippen molar-refractivity contribution in [2.45, 2.75) is 0 Å². The van der Waals surface area contributed by atoms with Gasteiger partial charge >= 0.3 is 0 Å². The second-order valence-corrected chi connectivity index (χ2v) is 2.20. The van der Waals surface area contributed by atoms with Crippen LogP contribution in [0.25, 0.3) is 5.43 Å². The molecular formula is CH3BrClIN5O2-. The zero-order chi connectivity index (χ0) is 8.15. The molecule has 0 atom stereocenters. The van der Waals surface area contributed by atoms with Crippen LogP contribution in [0.3, 0.4) is 0 Å². The molecule has 0 aromatic heterocycles. The van der Waals surface area contributed by atoms with E-state index in [9.17, 15) is 10.1 Å². The molecule has 0 fully saturated rings. The van der Waals surface area contributed by atoms with Crippen LogP contribution >= 0.6 is 34.6 Å². The van der Waals surface area contributed by atoms with Crippen molar-refractivity contribution < 1.29 is 27.4 Å². The number of nitrogens with two attached hydrogens (primary N) is 1. The minimum absolute atomic E-state index is 0. The van der Waals surface area contributed by atoms with Gasteiger partial charge in [-0.05, 0) is 11.8 Å². The highest BCUT2D eigenvalue weighted by molar-refractivity contribution is 14.1. The monoisotopic (exact) mass is 358 g/mol. The van der Waals surface area contributed by atoms with Crippen LogP contribution < -0.4 is 27.3 Å². The summed E-state index contributed by atoms with van der Waals surface area (Å²) in [5.74, 6) is -0.333. The van der Waals surface area contributed by atoms with Gasteiger partial charge in [0.1, 0.15) is 5.43 Å². The van der Waals surface area contributed by atoms with Crippen LogP contribution in [0.15, 0.2) is 0 Å². The van der Waals surface area contributed by atoms with Crippen LogP contribution in [0.1, 0.15) is 0 Å². The molecule has 0 amide bonds. The van der Waals surface area contributed by atoms with Gasteiger partial charge in [0.25, 0.3) is 5.96 Å². The SMILES string of the molecule is [Br-].[NH2+]=C([N-][N+](=O)[O-])N(I)NCl. The zero-order valence-electron chi connectivity index (χ0n) is 4.87. The Morgan fingerprint density at radius 1 is 1.91 bits per heavy atom. The molecule has 0 rings (SSSR count). The van der Waals surface area contributed by atoms with Crippen LogP contribution in [0.5, 0.6) is 0 Å². The molecule has 11 heavy (non-hydrogen) atoms. The molecule has 0 spiro atoms. The van der Waals surface area contributed by atoms with Crippen molar-refractivity contribution in [1.29, 1.82) is 0 Å². The summed E-state index contributed by atoms with van der Waals surface area (Å²) in [6.07, 6.45) is 0. The minimum atomic E-state index is -0.921. The third kappa shape index (κ3) is 6.52. The molecule has 3 N–H and O–H groups in total. The molecule has 0 saturated heterocycles. The number of hydrogen-bond acceptors (Lipinski definition) is 3. The van der Waals surface area contributed by atoms with Crippen molar-refractivity contribution in [3.05, 3.63) is 15.5 Å². The molecule has 0 aliphatic heterocycles. The summed E-state index contributed by atoms with van der Waals surface area (Å²) in [6.45, 7) is 0. The molecule has 0 aromatic carbocycles. The number of nitrogens with one attached hydrogen (secondary N) is 1. The lowest BCUT2D eigenvalue weighted by atomic mass is 11.1. The number of guanidine groups is 1. The highest BCUT2D eigenvalue weighted by Gasteiger charge is 2.12. The topological polar surface area (TPSA) is 98.1 Å². The normalized spacial score (nSPS) is 7.82. The molecule has 0 heterocycles. The summed E-state index contributed by atoms with van der Waals surface area (Å²) in [6, 6.07) is 0. The fourth-order valence-corrected chi connectivity index (χ4v) is 0.349. The molecule has 66 valence electrons. The van der Waals surface area contributed by atoms with Crippen LogP contribution in [0, 0.1) is 10.1 Å². The molecule has 0 aliphatic rings. The summed E-state index contributed by atoms with van der Waals surface area (Å²) < 4.78 is 0.960. The number of hydrogen-bond donors (Lipinski definition) is 2. The van der Waals surface area contributed by atoms with E-state index in [1.807, 2.05) is 4.94 Å². The molecule has 0 radical (unpaired) electrons. The highest BCUT2D eigenvalue weighted by atomic mass is 127. The number of nitrogens with zero attached hydrogens (tertiary/aromatic N) is 3. The van der Waals surface area contributed by atoms with Gasteiger partial charge in [-0.3, -0.25) is 0 Å². The van der Waals surface area contributed by atoms with Gasteiger partial charge in [-0.25, -0.2) is 10.1 Å². The predicted octanol–water partition coefficient (Wildman–Crippen LogP) is -4.02. The van der Waals surface area contributed by atoms with Crippen molar-refractivity contribution >= 4 is 40.6 Å². The van der Waals surface area contributed by atoms with E-state index in [0.29, 0.717) is 0 Å². The zero-order valence-corrected chi connectivity index (χ0v) is 9.37. The first-order valence-electron chi connectivity index (χ1n) is 1.88. The van der Waals surface area contributed by atoms with Crippen LogP contribution in [-0.4, -0.2) is 14.2 Å². The smallest absolute Gasteiger partial charge is 0.293 e. The Kier molecular flexibility index (Phi) is 8.49. The van der Waals surface area contributed by atoms with Crippen molar-refractivity contribution in [2.75, 3.05) is 0 Å². The van der Waals surface area contributed by atoms with E-state index in [1.54, 1.807) is 22.9 Å². The van der Waals surface area contributed by atoms with Gasteiger partial charge in [0.05, 0.1) is 22.9 Å². The number of nitro groups is 1. The van der Waals surface area contributed by atoms with E-state index in [1.165, 1.54) is 0 Å². The second-order valence-electron chi connectivity index (χ2n) is 1.06. The molecule has 0 saturated carbocycles. The van der Waals surface area contributed by atoms with E-state index in [0.717, 1.165) is 3.22 Å². The maximum Gasteiger partial charge on any atom is 0.293 e. The van der Waals surface area contributed by atoms with E-state index in [4.69, 9.17) is 17.2 Å². The van der Waals surface area contributed by atoms with E-state index in [2.05, 4.69) is 5.43 Å². The third-order valence-corrected chi connectivity index (χ3v) is 1.65. The van der Waals surface area contributed by atoms with Crippen molar-refractivity contribution in [3.8, 4) is 0 Å². The first-order valence-corrected chi connectivity index (χ1v) is 3.23. The van der Waals surface area contributed by atoms with Crippen molar-refractivity contribution in [2.24, 2.45) is 0 Å². The molecule has 0 unspecified atom stereocenters. The van der Waals surface area contributed by atoms with Gasteiger partial charge in [-0.15, -0.1) is 4.94 Å². The summed E-state index contributed by atoms with van der Waals surface area (Å²) >= 11 is 6.61. The lowest BCUT2D eigenvalue weighted by Gasteiger charge is -2.07. The van der Waals surface area contributed by atoms with Gasteiger partial charge < -0.3 is 22.4 Å². The second kappa shape index (κ2) is 6.82. The van der Waals surface area contributed by atoms with Gasteiger partial charge in [0, 0.05) is 0 Å². The Hall–Kier alpha value is 0.130. The van der Waals surface area contributed by atoms with Crippen molar-refractivity contribution in [1.82, 2.24) is 8.17 Å². The number of rotatable bonds is 2. The molecule has 0 bridgehead atoms. The minimum Gasteiger partial charge on any atom is -1.00 e. The Labute approximate surface area is 91.4 Å².